The lowest BCUT2D eigenvalue weighted by molar-refractivity contribution is -0.148. The number of nitrogens with zero attached hydrogens (tertiary/aromatic N) is 1. The Balaban J connectivity index is 1.56. The second-order valence-corrected chi connectivity index (χ2v) is 9.76. The predicted octanol–water partition coefficient (Wildman–Crippen LogP) is 3.91. The van der Waals surface area contributed by atoms with Gasteiger partial charge in [0.15, 0.2) is 0 Å². The quantitative estimate of drug-likeness (QED) is 0.427. The Morgan fingerprint density at radius 2 is 1.89 bits per heavy atom. The van der Waals surface area contributed by atoms with Crippen LogP contribution in [0.15, 0.2) is 16.8 Å². The van der Waals surface area contributed by atoms with E-state index in [9.17, 15) is 9.59 Å². The van der Waals surface area contributed by atoms with Gasteiger partial charge in [0.25, 0.3) is 0 Å². The first kappa shape index (κ1) is 19.5. The minimum absolute atomic E-state index is 0.0484. The number of hydrogen-bond donors (Lipinski definition) is 2. The molecule has 0 bridgehead atoms. The molecule has 4 aliphatic rings. The number of ether oxygens (including phenoxy) is 1. The zero-order chi connectivity index (χ0) is 20.1. The molecule has 3 saturated carbocycles. The number of hydrogen-bond acceptors (Lipinski definition) is 4. The number of esters is 1. The molecule has 3 N–H and O–H groups in total. The molecular formula is C22H33N3O3. The van der Waals surface area contributed by atoms with Crippen molar-refractivity contribution in [3.05, 3.63) is 11.6 Å². The average Bonchev–Trinajstić information content (AvgIpc) is 2.96. The van der Waals surface area contributed by atoms with Gasteiger partial charge < -0.3 is 10.5 Å². The van der Waals surface area contributed by atoms with Crippen molar-refractivity contribution in [2.75, 3.05) is 0 Å². The molecule has 28 heavy (non-hydrogen) atoms. The number of carbonyl (C=O) groups is 2. The minimum Gasteiger partial charge on any atom is -0.462 e. The van der Waals surface area contributed by atoms with E-state index in [1.807, 2.05) is 0 Å². The summed E-state index contributed by atoms with van der Waals surface area (Å²) < 4.78 is 5.53. The lowest BCUT2D eigenvalue weighted by Gasteiger charge is -2.57. The van der Waals surface area contributed by atoms with Gasteiger partial charge in [-0.1, -0.05) is 25.5 Å². The van der Waals surface area contributed by atoms with Crippen LogP contribution < -0.4 is 11.2 Å². The summed E-state index contributed by atoms with van der Waals surface area (Å²) >= 11 is 0. The summed E-state index contributed by atoms with van der Waals surface area (Å²) in [5, 5.41) is 4.38. The van der Waals surface area contributed by atoms with Crippen molar-refractivity contribution >= 4 is 17.7 Å². The molecule has 6 heteroatoms. The Kier molecular flexibility index (Phi) is 4.79. The molecule has 6 nitrogen and oxygen atoms in total. The molecule has 3 fully saturated rings. The molecule has 0 aromatic heterocycles. The topological polar surface area (TPSA) is 93.8 Å². The highest BCUT2D eigenvalue weighted by Crippen LogP contribution is 2.64. The number of nitrogens with one attached hydrogen (secondary N) is 1. The zero-order valence-corrected chi connectivity index (χ0v) is 17.3. The molecule has 0 saturated heterocycles. The molecule has 154 valence electrons. The minimum atomic E-state index is -0.587. The van der Waals surface area contributed by atoms with E-state index in [1.165, 1.54) is 18.9 Å². The standard InChI is InChI=1S/C22H33N3O3/c1-13(26)28-15-8-10-21(2)14(12-15)4-5-16-17-6-7-19(24-25-20(23)27)22(17,3)11-9-18(16)21/h4,15-18H,5-12H2,1-3H3,(H3,23,25,27)/b24-19-/t15-,16-,17-,18-,21+,22-/m1/s1. The Hall–Kier alpha value is -1.85. The van der Waals surface area contributed by atoms with Crippen molar-refractivity contribution < 1.29 is 14.3 Å². The van der Waals surface area contributed by atoms with Gasteiger partial charge >= 0.3 is 12.0 Å². The molecule has 0 spiro atoms. The maximum Gasteiger partial charge on any atom is 0.332 e. The van der Waals surface area contributed by atoms with Gasteiger partial charge in [-0.2, -0.15) is 5.10 Å². The summed E-state index contributed by atoms with van der Waals surface area (Å²) in [6.45, 7) is 6.29. The monoisotopic (exact) mass is 387 g/mol. The SMILES string of the molecule is CC(=O)O[C@@H]1CC[C@@]2(C)C(=CC[C@H]3[C@H]2CC[C@@]2(C)/C(=N\NC(N)=O)CC[C@H]32)C1. The van der Waals surface area contributed by atoms with Crippen LogP contribution in [-0.4, -0.2) is 23.8 Å². The van der Waals surface area contributed by atoms with Gasteiger partial charge in [0.05, 0.1) is 0 Å². The number of allylic oxidation sites excluding steroid dienone is 1. The molecule has 2 amide bonds. The lowest BCUT2D eigenvalue weighted by atomic mass is 9.48. The van der Waals surface area contributed by atoms with E-state index >= 15 is 0 Å². The van der Waals surface area contributed by atoms with E-state index in [4.69, 9.17) is 10.5 Å². The predicted molar refractivity (Wildman–Crippen MR) is 107 cm³/mol. The maximum absolute atomic E-state index is 11.4. The molecule has 0 aromatic carbocycles. The van der Waals surface area contributed by atoms with E-state index < -0.39 is 6.03 Å². The number of nitrogens with two attached hydrogens (primary N) is 1. The third-order valence-corrected chi connectivity index (χ3v) is 8.43. The fraction of sp³-hybridized carbons (Fsp3) is 0.773. The first-order valence-corrected chi connectivity index (χ1v) is 10.7. The van der Waals surface area contributed by atoms with Gasteiger partial charge in [-0.3, -0.25) is 4.79 Å². The highest BCUT2D eigenvalue weighted by Gasteiger charge is 2.58. The van der Waals surface area contributed by atoms with Gasteiger partial charge in [0.2, 0.25) is 0 Å². The third kappa shape index (κ3) is 3.05. The Bertz CT molecular complexity index is 745. The molecule has 6 atom stereocenters. The van der Waals surface area contributed by atoms with Crippen molar-refractivity contribution in [1.29, 1.82) is 0 Å². The smallest absolute Gasteiger partial charge is 0.332 e. The first-order valence-electron chi connectivity index (χ1n) is 10.7. The normalized spacial score (nSPS) is 43.4. The Morgan fingerprint density at radius 3 is 2.61 bits per heavy atom. The average molecular weight is 388 g/mol. The van der Waals surface area contributed by atoms with Gasteiger partial charge in [-0.15, -0.1) is 0 Å². The third-order valence-electron chi connectivity index (χ3n) is 8.43. The van der Waals surface area contributed by atoms with Crippen LogP contribution in [0.3, 0.4) is 0 Å². The Morgan fingerprint density at radius 1 is 1.18 bits per heavy atom. The van der Waals surface area contributed by atoms with Crippen LogP contribution in [0.5, 0.6) is 0 Å². The number of rotatable bonds is 2. The number of carbonyl (C=O) groups excluding carboxylic acids is 2. The first-order chi connectivity index (χ1) is 13.2. The van der Waals surface area contributed by atoms with Gasteiger partial charge in [-0.25, -0.2) is 10.2 Å². The van der Waals surface area contributed by atoms with Crippen molar-refractivity contribution in [1.82, 2.24) is 5.43 Å². The zero-order valence-electron chi connectivity index (χ0n) is 17.3. The summed E-state index contributed by atoms with van der Waals surface area (Å²) in [4.78, 5) is 22.5. The van der Waals surface area contributed by atoms with E-state index in [0.717, 1.165) is 50.7 Å². The second-order valence-electron chi connectivity index (χ2n) is 9.76. The summed E-state index contributed by atoms with van der Waals surface area (Å²) in [5.74, 6) is 1.80. The van der Waals surface area contributed by atoms with Crippen LogP contribution >= 0.6 is 0 Å². The van der Waals surface area contributed by atoms with E-state index in [-0.39, 0.29) is 22.9 Å². The summed E-state index contributed by atoms with van der Waals surface area (Å²) in [5.41, 5.74) is 10.6. The number of urea groups is 1. The highest BCUT2D eigenvalue weighted by molar-refractivity contribution is 5.93. The summed E-state index contributed by atoms with van der Waals surface area (Å²) in [7, 11) is 0. The van der Waals surface area contributed by atoms with Crippen molar-refractivity contribution in [3.8, 4) is 0 Å². The summed E-state index contributed by atoms with van der Waals surface area (Å²) in [6, 6.07) is -0.587. The number of primary amides is 1. The van der Waals surface area contributed by atoms with Crippen LogP contribution in [-0.2, 0) is 9.53 Å². The van der Waals surface area contributed by atoms with E-state index in [0.29, 0.717) is 17.8 Å². The van der Waals surface area contributed by atoms with Crippen LogP contribution in [0.1, 0.15) is 72.1 Å². The maximum atomic E-state index is 11.4. The van der Waals surface area contributed by atoms with Crippen LogP contribution in [0.4, 0.5) is 4.79 Å². The van der Waals surface area contributed by atoms with Crippen molar-refractivity contribution in [2.45, 2.75) is 78.2 Å². The summed E-state index contributed by atoms with van der Waals surface area (Å²) in [6.07, 6.45) is 11.0. The number of fused-ring (bicyclic) bond motifs is 5. The van der Waals surface area contributed by atoms with Gasteiger partial charge in [0, 0.05) is 24.5 Å². The molecule has 0 aromatic rings. The molecule has 0 aliphatic heterocycles. The fourth-order valence-corrected chi connectivity index (χ4v) is 7.06. The van der Waals surface area contributed by atoms with Gasteiger partial charge in [-0.05, 0) is 68.1 Å². The molecule has 0 heterocycles. The molecule has 4 rings (SSSR count). The van der Waals surface area contributed by atoms with Crippen LogP contribution in [0.2, 0.25) is 0 Å². The van der Waals surface area contributed by atoms with E-state index in [1.54, 1.807) is 0 Å². The molecule has 0 radical (unpaired) electrons. The number of hydrazone groups is 1. The highest BCUT2D eigenvalue weighted by atomic mass is 16.5. The van der Waals surface area contributed by atoms with Crippen LogP contribution in [0.25, 0.3) is 0 Å². The van der Waals surface area contributed by atoms with Gasteiger partial charge in [0.1, 0.15) is 6.10 Å². The second kappa shape index (κ2) is 6.89. The Labute approximate surface area is 167 Å². The molecular weight excluding hydrogens is 354 g/mol. The van der Waals surface area contributed by atoms with Crippen molar-refractivity contribution in [3.63, 3.8) is 0 Å². The molecule has 4 aliphatic carbocycles. The van der Waals surface area contributed by atoms with Crippen molar-refractivity contribution in [2.24, 2.45) is 39.4 Å². The van der Waals surface area contributed by atoms with Crippen LogP contribution in [0, 0.1) is 28.6 Å². The largest absolute Gasteiger partial charge is 0.462 e. The molecule has 0 unspecified atom stereocenters. The fourth-order valence-electron chi connectivity index (χ4n) is 7.06. The van der Waals surface area contributed by atoms with E-state index in [2.05, 4.69) is 30.5 Å². The lowest BCUT2D eigenvalue weighted by Crippen LogP contribution is -2.50. The number of amides is 2.